The smallest absolute Gasteiger partial charge is 0.418 e. The highest BCUT2D eigenvalue weighted by molar-refractivity contribution is 5.77. The molecular weight excluding hydrogens is 456 g/mol. The Labute approximate surface area is 182 Å². The number of benzene rings is 1. The molecule has 0 fully saturated rings. The van der Waals surface area contributed by atoms with Crippen LogP contribution in [0.2, 0.25) is 0 Å². The van der Waals surface area contributed by atoms with Crippen molar-refractivity contribution in [3.63, 3.8) is 0 Å². The molecule has 0 bridgehead atoms. The first-order valence-corrected chi connectivity index (χ1v) is 9.01. The van der Waals surface area contributed by atoms with Crippen LogP contribution in [0.4, 0.5) is 36.8 Å². The van der Waals surface area contributed by atoms with Gasteiger partial charge in [0.05, 0.1) is 16.8 Å². The normalized spacial score (nSPS) is 13.7. The molecule has 0 radical (unpaired) electrons. The summed E-state index contributed by atoms with van der Waals surface area (Å²) < 4.78 is 83.8. The van der Waals surface area contributed by atoms with Gasteiger partial charge in [-0.1, -0.05) is 6.08 Å². The molecule has 2 amide bonds. The highest BCUT2D eigenvalue weighted by atomic mass is 19.4. The molecule has 3 rings (SSSR count). The Balaban J connectivity index is 1.71. The first-order chi connectivity index (χ1) is 15.5. The molecule has 1 aliphatic rings. The highest BCUT2D eigenvalue weighted by Crippen LogP contribution is 2.38. The fourth-order valence-electron chi connectivity index (χ4n) is 2.65. The zero-order valence-electron chi connectivity index (χ0n) is 16.3. The number of allylic oxidation sites excluding steroid dienone is 2. The Hall–Kier alpha value is -4.21. The fourth-order valence-corrected chi connectivity index (χ4v) is 2.65. The Morgan fingerprint density at radius 1 is 1.09 bits per heavy atom. The van der Waals surface area contributed by atoms with Crippen LogP contribution in [-0.4, -0.2) is 28.6 Å². The van der Waals surface area contributed by atoms with Crippen molar-refractivity contribution in [1.29, 1.82) is 5.26 Å². The quantitative estimate of drug-likeness (QED) is 0.479. The summed E-state index contributed by atoms with van der Waals surface area (Å²) in [4.78, 5) is 16.7. The number of carbonyl (C=O) groups is 1. The first kappa shape index (κ1) is 23.5. The summed E-state index contributed by atoms with van der Waals surface area (Å²) in [5, 5.41) is 8.84. The minimum atomic E-state index is -4.84. The molecule has 7 nitrogen and oxygen atoms in total. The van der Waals surface area contributed by atoms with Crippen LogP contribution >= 0.6 is 0 Å². The molecule has 0 spiro atoms. The predicted molar refractivity (Wildman–Crippen MR) is 103 cm³/mol. The van der Waals surface area contributed by atoms with Crippen LogP contribution < -0.4 is 15.6 Å². The van der Waals surface area contributed by atoms with E-state index in [0.717, 1.165) is 23.2 Å². The van der Waals surface area contributed by atoms with Crippen molar-refractivity contribution in [1.82, 2.24) is 15.3 Å². The first-order valence-electron chi connectivity index (χ1n) is 9.01. The number of aromatic nitrogens is 1. The largest absolute Gasteiger partial charge is 0.457 e. The number of pyridine rings is 1. The summed E-state index contributed by atoms with van der Waals surface area (Å²) in [5.41, 5.74) is 1.50. The van der Waals surface area contributed by atoms with E-state index in [1.807, 2.05) is 5.43 Å². The van der Waals surface area contributed by atoms with E-state index in [1.165, 1.54) is 24.4 Å². The molecule has 1 aromatic carbocycles. The average Bonchev–Trinajstić information content (AvgIpc) is 2.77. The number of amides is 2. The topological polar surface area (TPSA) is 90.3 Å². The minimum absolute atomic E-state index is 0.00788. The number of nitriles is 1. The number of hydrazine groups is 1. The van der Waals surface area contributed by atoms with Gasteiger partial charge in [0.15, 0.2) is 0 Å². The van der Waals surface area contributed by atoms with Crippen LogP contribution in [0.25, 0.3) is 0 Å². The van der Waals surface area contributed by atoms with Crippen LogP contribution in [0.15, 0.2) is 60.5 Å². The maximum absolute atomic E-state index is 13.5. The van der Waals surface area contributed by atoms with E-state index in [9.17, 15) is 31.1 Å². The maximum Gasteiger partial charge on any atom is 0.418 e. The number of alkyl halides is 6. The number of hydrogen-bond donors (Lipinski definition) is 2. The van der Waals surface area contributed by atoms with Gasteiger partial charge in [0.25, 0.3) is 0 Å². The lowest BCUT2D eigenvalue weighted by Crippen LogP contribution is -2.41. The number of nitrogens with one attached hydrogen (secondary N) is 2. The second kappa shape index (κ2) is 9.11. The van der Waals surface area contributed by atoms with Crippen LogP contribution in [0.5, 0.6) is 11.5 Å². The highest BCUT2D eigenvalue weighted by Gasteiger charge is 2.35. The van der Waals surface area contributed by atoms with Gasteiger partial charge in [0.1, 0.15) is 23.3 Å². The number of hydrogen-bond acceptors (Lipinski definition) is 5. The molecular formula is C20H13F6N5O2. The van der Waals surface area contributed by atoms with Gasteiger partial charge in [-0.3, -0.25) is 15.8 Å². The molecule has 0 saturated heterocycles. The molecule has 2 N–H and O–H groups in total. The summed E-state index contributed by atoms with van der Waals surface area (Å²) in [5.74, 6) is -0.107. The van der Waals surface area contributed by atoms with Gasteiger partial charge >= 0.3 is 18.4 Å². The summed E-state index contributed by atoms with van der Waals surface area (Å²) >= 11 is 0. The van der Waals surface area contributed by atoms with Gasteiger partial charge in [-0.25, -0.2) is 9.78 Å². The van der Waals surface area contributed by atoms with Crippen molar-refractivity contribution >= 4 is 11.7 Å². The van der Waals surface area contributed by atoms with Crippen molar-refractivity contribution in [2.75, 3.05) is 12.0 Å². The second-order valence-electron chi connectivity index (χ2n) is 6.48. The lowest BCUT2D eigenvalue weighted by molar-refractivity contribution is -0.137. The van der Waals surface area contributed by atoms with E-state index in [0.29, 0.717) is 12.1 Å². The molecule has 1 aromatic heterocycles. The van der Waals surface area contributed by atoms with Gasteiger partial charge in [-0.05, 0) is 30.3 Å². The molecule has 2 aromatic rings. The molecule has 13 heteroatoms. The van der Waals surface area contributed by atoms with Gasteiger partial charge in [0, 0.05) is 25.0 Å². The number of anilines is 1. The number of carbonyl (C=O) groups excluding carboxylic acids is 1. The summed E-state index contributed by atoms with van der Waals surface area (Å²) in [6.45, 7) is -0.422. The zero-order chi connectivity index (χ0) is 24.2. The third kappa shape index (κ3) is 5.94. The molecule has 172 valence electrons. The van der Waals surface area contributed by atoms with E-state index < -0.39 is 41.8 Å². The fraction of sp³-hybridized carbons (Fsp3) is 0.150. The zero-order valence-corrected chi connectivity index (χ0v) is 16.3. The Kier molecular flexibility index (Phi) is 6.47. The maximum atomic E-state index is 13.5. The number of halogens is 6. The standard InChI is InChI=1S/C20H13F6N5O2/c21-19(22,23)12-4-7-31(8-5-12)18(32)30-29-17-2-1-14(10-16(17)20(24,25)26)33-15-3-6-28-13(9-15)11-27/h1-7,9-10,29H,8H2,(H,30,32). The van der Waals surface area contributed by atoms with Gasteiger partial charge < -0.3 is 4.74 Å². The summed E-state index contributed by atoms with van der Waals surface area (Å²) in [6, 6.07) is 6.26. The monoisotopic (exact) mass is 469 g/mol. The van der Waals surface area contributed by atoms with Gasteiger partial charge in [-0.15, -0.1) is 0 Å². The number of urea groups is 1. The van der Waals surface area contributed by atoms with Crippen molar-refractivity contribution in [3.05, 3.63) is 71.7 Å². The summed E-state index contributed by atoms with van der Waals surface area (Å²) in [7, 11) is 0. The number of rotatable bonds is 4. The van der Waals surface area contributed by atoms with Crippen molar-refractivity contribution in [3.8, 4) is 17.6 Å². The summed E-state index contributed by atoms with van der Waals surface area (Å²) in [6.07, 6.45) is -5.85. The molecule has 2 heterocycles. The van der Waals surface area contributed by atoms with Crippen LogP contribution in [0, 0.1) is 11.3 Å². The Bertz CT molecular complexity index is 1150. The van der Waals surface area contributed by atoms with Crippen molar-refractivity contribution in [2.45, 2.75) is 12.4 Å². The molecule has 33 heavy (non-hydrogen) atoms. The molecule has 0 aliphatic carbocycles. The third-order valence-corrected chi connectivity index (χ3v) is 4.21. The Morgan fingerprint density at radius 3 is 2.42 bits per heavy atom. The SMILES string of the molecule is N#Cc1cc(Oc2ccc(NNC(=O)N3C=CC(C(F)(F)F)=CC3)c(C(F)(F)F)c2)ccn1. The van der Waals surface area contributed by atoms with Crippen LogP contribution in [0.3, 0.4) is 0 Å². The van der Waals surface area contributed by atoms with E-state index in [2.05, 4.69) is 10.4 Å². The third-order valence-electron chi connectivity index (χ3n) is 4.21. The van der Waals surface area contributed by atoms with Gasteiger partial charge in [0.2, 0.25) is 0 Å². The molecule has 0 atom stereocenters. The lowest BCUT2D eigenvalue weighted by atomic mass is 10.1. The Morgan fingerprint density at radius 2 is 1.82 bits per heavy atom. The van der Waals surface area contributed by atoms with E-state index in [4.69, 9.17) is 10.00 Å². The van der Waals surface area contributed by atoms with Crippen LogP contribution in [-0.2, 0) is 6.18 Å². The number of ether oxygens (including phenoxy) is 1. The van der Waals surface area contributed by atoms with Crippen molar-refractivity contribution in [2.24, 2.45) is 0 Å². The minimum Gasteiger partial charge on any atom is -0.457 e. The molecule has 0 unspecified atom stereocenters. The van der Waals surface area contributed by atoms with Gasteiger partial charge in [-0.2, -0.15) is 31.6 Å². The molecule has 0 saturated carbocycles. The van der Waals surface area contributed by atoms with E-state index in [-0.39, 0.29) is 17.2 Å². The van der Waals surface area contributed by atoms with Crippen LogP contribution in [0.1, 0.15) is 11.3 Å². The van der Waals surface area contributed by atoms with Crippen molar-refractivity contribution < 1.29 is 35.9 Å². The van der Waals surface area contributed by atoms with E-state index >= 15 is 0 Å². The second-order valence-corrected chi connectivity index (χ2v) is 6.48. The van der Waals surface area contributed by atoms with E-state index in [1.54, 1.807) is 6.07 Å². The molecule has 1 aliphatic heterocycles. The lowest BCUT2D eigenvalue weighted by Gasteiger charge is -2.23. The predicted octanol–water partition coefficient (Wildman–Crippen LogP) is 5.12. The average molecular weight is 469 g/mol. The number of nitrogens with zero attached hydrogens (tertiary/aromatic N) is 3.